The van der Waals surface area contributed by atoms with E-state index in [4.69, 9.17) is 4.74 Å². The second-order valence-corrected chi connectivity index (χ2v) is 4.03. The predicted octanol–water partition coefficient (Wildman–Crippen LogP) is 1.66. The van der Waals surface area contributed by atoms with Gasteiger partial charge in [-0.2, -0.15) is 0 Å². The fraction of sp³-hybridized carbons (Fsp3) is 0.375. The summed E-state index contributed by atoms with van der Waals surface area (Å²) >= 11 is 1.51. The molecule has 1 aromatic heterocycles. The third kappa shape index (κ3) is 1.52. The fourth-order valence-electron chi connectivity index (χ4n) is 1.18. The third-order valence-corrected chi connectivity index (χ3v) is 2.73. The minimum absolute atomic E-state index is 0.569. The van der Waals surface area contributed by atoms with E-state index >= 15 is 0 Å². The summed E-state index contributed by atoms with van der Waals surface area (Å²) in [6.45, 7) is 1.92. The van der Waals surface area contributed by atoms with Gasteiger partial charge in [-0.25, -0.2) is 4.98 Å². The van der Waals surface area contributed by atoms with E-state index in [-0.39, 0.29) is 0 Å². The van der Waals surface area contributed by atoms with Crippen LogP contribution in [0, 0.1) is 12.1 Å². The Hall–Kier alpha value is -1.07. The van der Waals surface area contributed by atoms with E-state index in [0.717, 1.165) is 20.8 Å². The van der Waals surface area contributed by atoms with Crippen LogP contribution in [0.3, 0.4) is 0 Å². The average Bonchev–Trinajstić information content (AvgIpc) is 2.42. The molecule has 0 saturated heterocycles. The lowest BCUT2D eigenvalue weighted by molar-refractivity contribution is 0.423. The highest BCUT2D eigenvalue weighted by Crippen LogP contribution is 2.32. The SMILES string of the molecule is Cc1nc2c(s1)OC=C(N(C)[O-])C2. The summed E-state index contributed by atoms with van der Waals surface area (Å²) in [5.74, 6) is 0. The van der Waals surface area contributed by atoms with Crippen LogP contribution >= 0.6 is 11.3 Å². The number of likely N-dealkylation sites (N-methyl/N-ethyl adjacent to an activating group) is 1. The number of ether oxygens (including phenoxy) is 1. The van der Waals surface area contributed by atoms with E-state index in [1.54, 1.807) is 0 Å². The van der Waals surface area contributed by atoms with Gasteiger partial charge in [-0.3, -0.25) is 0 Å². The molecule has 0 unspecified atom stereocenters. The van der Waals surface area contributed by atoms with Crippen LogP contribution < -0.4 is 4.74 Å². The first-order chi connectivity index (χ1) is 6.16. The molecule has 0 aliphatic carbocycles. The highest BCUT2D eigenvalue weighted by Gasteiger charge is 2.16. The molecule has 0 spiro atoms. The van der Waals surface area contributed by atoms with Crippen LogP contribution in [0.15, 0.2) is 12.0 Å². The van der Waals surface area contributed by atoms with Crippen LogP contribution in [0.5, 0.6) is 5.06 Å². The summed E-state index contributed by atoms with van der Waals surface area (Å²) in [5, 5.41) is 13.5. The van der Waals surface area contributed by atoms with Crippen molar-refractivity contribution in [2.24, 2.45) is 0 Å². The van der Waals surface area contributed by atoms with E-state index < -0.39 is 0 Å². The van der Waals surface area contributed by atoms with Gasteiger partial charge in [-0.15, -0.1) is 0 Å². The lowest BCUT2D eigenvalue weighted by Crippen LogP contribution is -2.15. The van der Waals surface area contributed by atoms with Crippen molar-refractivity contribution in [1.82, 2.24) is 10.0 Å². The highest BCUT2D eigenvalue weighted by molar-refractivity contribution is 7.13. The lowest BCUT2D eigenvalue weighted by atomic mass is 10.2. The molecule has 0 radical (unpaired) electrons. The topological polar surface area (TPSA) is 48.4 Å². The Bertz CT molecular complexity index is 357. The minimum atomic E-state index is 0.569. The van der Waals surface area contributed by atoms with Crippen molar-refractivity contribution < 1.29 is 4.74 Å². The molecule has 70 valence electrons. The van der Waals surface area contributed by atoms with Gasteiger partial charge in [-0.1, -0.05) is 11.3 Å². The van der Waals surface area contributed by atoms with Gasteiger partial charge in [0.25, 0.3) is 0 Å². The molecule has 2 heterocycles. The van der Waals surface area contributed by atoms with Crippen LogP contribution in [0.25, 0.3) is 0 Å². The fourth-order valence-corrected chi connectivity index (χ4v) is 1.93. The molecule has 2 rings (SSSR count). The van der Waals surface area contributed by atoms with Gasteiger partial charge in [0.1, 0.15) is 12.0 Å². The van der Waals surface area contributed by atoms with Gasteiger partial charge in [0, 0.05) is 12.1 Å². The first kappa shape index (κ1) is 8.52. The van der Waals surface area contributed by atoms with Gasteiger partial charge >= 0.3 is 0 Å². The average molecular weight is 197 g/mol. The summed E-state index contributed by atoms with van der Waals surface area (Å²) in [6, 6.07) is 0. The van der Waals surface area contributed by atoms with E-state index in [9.17, 15) is 5.21 Å². The van der Waals surface area contributed by atoms with Crippen LogP contribution in [-0.2, 0) is 6.42 Å². The number of allylic oxidation sites excluding steroid dienone is 1. The van der Waals surface area contributed by atoms with E-state index in [2.05, 4.69) is 4.98 Å². The summed E-state index contributed by atoms with van der Waals surface area (Å²) in [6.07, 6.45) is 2.06. The molecule has 1 aromatic rings. The zero-order valence-corrected chi connectivity index (χ0v) is 8.22. The van der Waals surface area contributed by atoms with Crippen molar-refractivity contribution in [3.8, 4) is 5.06 Å². The van der Waals surface area contributed by atoms with E-state index in [1.165, 1.54) is 24.6 Å². The number of nitrogens with zero attached hydrogens (tertiary/aromatic N) is 2. The molecular weight excluding hydrogens is 188 g/mol. The van der Waals surface area contributed by atoms with Gasteiger partial charge in [0.05, 0.1) is 5.01 Å². The van der Waals surface area contributed by atoms with Gasteiger partial charge < -0.3 is 15.0 Å². The van der Waals surface area contributed by atoms with Crippen molar-refractivity contribution in [3.63, 3.8) is 0 Å². The Morgan fingerprint density at radius 1 is 1.69 bits per heavy atom. The number of hydroxylamine groups is 2. The van der Waals surface area contributed by atoms with Crippen molar-refractivity contribution in [1.29, 1.82) is 0 Å². The number of hydrogen-bond donors (Lipinski definition) is 0. The highest BCUT2D eigenvalue weighted by atomic mass is 32.1. The van der Waals surface area contributed by atoms with Crippen molar-refractivity contribution in [2.45, 2.75) is 13.3 Å². The zero-order valence-electron chi connectivity index (χ0n) is 7.40. The summed E-state index contributed by atoms with van der Waals surface area (Å²) in [4.78, 5) is 4.27. The maximum absolute atomic E-state index is 11.0. The molecule has 0 N–H and O–H groups in total. The van der Waals surface area contributed by atoms with Crippen molar-refractivity contribution >= 4 is 11.3 Å². The smallest absolute Gasteiger partial charge is 0.203 e. The summed E-state index contributed by atoms with van der Waals surface area (Å²) in [7, 11) is 1.46. The second-order valence-electron chi connectivity index (χ2n) is 2.87. The van der Waals surface area contributed by atoms with Crippen LogP contribution in [0.2, 0.25) is 0 Å². The summed E-state index contributed by atoms with van der Waals surface area (Å²) < 4.78 is 5.27. The molecule has 4 nitrogen and oxygen atoms in total. The summed E-state index contributed by atoms with van der Waals surface area (Å²) in [5.41, 5.74) is 1.47. The quantitative estimate of drug-likeness (QED) is 0.642. The number of thiazole rings is 1. The van der Waals surface area contributed by atoms with Crippen LogP contribution in [-0.4, -0.2) is 17.1 Å². The van der Waals surface area contributed by atoms with Gasteiger partial charge in [0.2, 0.25) is 5.06 Å². The first-order valence-corrected chi connectivity index (χ1v) is 4.71. The molecule has 0 amide bonds. The molecule has 0 bridgehead atoms. The van der Waals surface area contributed by atoms with Crippen molar-refractivity contribution in [2.75, 3.05) is 7.05 Å². The second kappa shape index (κ2) is 3.01. The number of rotatable bonds is 1. The number of aryl methyl sites for hydroxylation is 1. The predicted molar refractivity (Wildman–Crippen MR) is 50.4 cm³/mol. The van der Waals surface area contributed by atoms with Crippen molar-refractivity contribution in [3.05, 3.63) is 27.9 Å². The van der Waals surface area contributed by atoms with Crippen LogP contribution in [0.1, 0.15) is 10.7 Å². The Morgan fingerprint density at radius 3 is 3.15 bits per heavy atom. The normalized spacial score (nSPS) is 14.5. The standard InChI is InChI=1S/C8H9N2O2S/c1-5-9-7-3-6(10(2)11)4-12-8(7)13-5/h4H,3H2,1-2H3/q-1. The maximum Gasteiger partial charge on any atom is 0.203 e. The molecule has 13 heavy (non-hydrogen) atoms. The first-order valence-electron chi connectivity index (χ1n) is 3.89. The van der Waals surface area contributed by atoms with E-state index in [0.29, 0.717) is 12.1 Å². The minimum Gasteiger partial charge on any atom is -0.759 e. The molecule has 0 saturated carbocycles. The molecule has 0 fully saturated rings. The maximum atomic E-state index is 11.0. The lowest BCUT2D eigenvalue weighted by Gasteiger charge is -2.28. The van der Waals surface area contributed by atoms with Gasteiger partial charge in [0.15, 0.2) is 0 Å². The Labute approximate surface area is 80.0 Å². The third-order valence-electron chi connectivity index (χ3n) is 1.82. The molecular formula is C8H9N2O2S-. The monoisotopic (exact) mass is 197 g/mol. The number of aromatic nitrogens is 1. The molecule has 0 aromatic carbocycles. The Morgan fingerprint density at radius 2 is 2.46 bits per heavy atom. The zero-order chi connectivity index (χ0) is 9.42. The van der Waals surface area contributed by atoms with E-state index in [1.807, 2.05) is 6.92 Å². The Kier molecular flexibility index (Phi) is 1.97. The largest absolute Gasteiger partial charge is 0.759 e. The number of fused-ring (bicyclic) bond motifs is 1. The molecule has 0 atom stereocenters. The molecule has 1 aliphatic heterocycles. The molecule has 1 aliphatic rings. The number of hydrogen-bond acceptors (Lipinski definition) is 5. The van der Waals surface area contributed by atoms with Gasteiger partial charge in [-0.05, 0) is 14.0 Å². The Balaban J connectivity index is 2.26. The van der Waals surface area contributed by atoms with Crippen LogP contribution in [0.4, 0.5) is 0 Å². The molecule has 5 heteroatoms.